The van der Waals surface area contributed by atoms with Crippen LogP contribution in [0, 0.1) is 0 Å². The topological polar surface area (TPSA) is 114 Å². The number of methoxy groups -OCH3 is 1. The van der Waals surface area contributed by atoms with Crippen molar-refractivity contribution >= 4 is 23.9 Å². The number of benzene rings is 3. The van der Waals surface area contributed by atoms with Crippen LogP contribution in [0.4, 0.5) is 0 Å². The second-order valence-corrected chi connectivity index (χ2v) is 7.61. The van der Waals surface area contributed by atoms with Crippen LogP contribution in [-0.2, 0) is 14.3 Å². The van der Waals surface area contributed by atoms with Crippen LogP contribution < -0.4 is 14.2 Å². The van der Waals surface area contributed by atoms with E-state index in [4.69, 9.17) is 23.7 Å². The van der Waals surface area contributed by atoms with E-state index >= 15 is 0 Å². The number of carbonyl (C=O) groups is 4. The van der Waals surface area contributed by atoms with Gasteiger partial charge < -0.3 is 23.7 Å². The molecule has 9 nitrogen and oxygen atoms in total. The lowest BCUT2D eigenvalue weighted by Crippen LogP contribution is -2.14. The molecule has 3 aromatic rings. The van der Waals surface area contributed by atoms with Gasteiger partial charge in [0.15, 0.2) is 0 Å². The molecule has 0 aliphatic rings. The Hall–Kier alpha value is -4.92. The van der Waals surface area contributed by atoms with Crippen LogP contribution in [0.2, 0.25) is 0 Å². The summed E-state index contributed by atoms with van der Waals surface area (Å²) in [6.07, 6.45) is 0. The summed E-state index contributed by atoms with van der Waals surface area (Å²) in [5, 5.41) is 0. The molecule has 0 amide bonds. The molecule has 0 N–H and O–H groups in total. The van der Waals surface area contributed by atoms with E-state index in [0.717, 1.165) is 0 Å². The van der Waals surface area contributed by atoms with E-state index in [0.29, 0.717) is 11.3 Å². The van der Waals surface area contributed by atoms with Gasteiger partial charge in [-0.05, 0) is 79.7 Å². The average Bonchev–Trinajstić information content (AvgIpc) is 2.91. The highest BCUT2D eigenvalue weighted by atomic mass is 16.6. The predicted molar refractivity (Wildman–Crippen MR) is 132 cm³/mol. The molecule has 0 aromatic heterocycles. The molecule has 0 atom stereocenters. The lowest BCUT2D eigenvalue weighted by Gasteiger charge is -2.08. The monoisotopic (exact) mass is 504 g/mol. The minimum atomic E-state index is -0.636. The van der Waals surface area contributed by atoms with Crippen molar-refractivity contribution in [3.05, 3.63) is 102 Å². The largest absolute Gasteiger partial charge is 0.497 e. The Morgan fingerprint density at radius 3 is 1.38 bits per heavy atom. The first-order valence-electron chi connectivity index (χ1n) is 11.0. The van der Waals surface area contributed by atoms with Crippen molar-refractivity contribution in [2.45, 2.75) is 6.92 Å². The minimum absolute atomic E-state index is 0.0907. The number of ether oxygens (including phenoxy) is 5. The van der Waals surface area contributed by atoms with Crippen LogP contribution in [0.1, 0.15) is 38.0 Å². The lowest BCUT2D eigenvalue weighted by molar-refractivity contribution is -0.140. The maximum absolute atomic E-state index is 12.4. The second kappa shape index (κ2) is 12.7. The van der Waals surface area contributed by atoms with E-state index in [2.05, 4.69) is 6.58 Å². The summed E-state index contributed by atoms with van der Waals surface area (Å²) in [5.74, 6) is -1.28. The van der Waals surface area contributed by atoms with Crippen molar-refractivity contribution in [1.82, 2.24) is 0 Å². The molecule has 0 saturated carbocycles. The highest BCUT2D eigenvalue weighted by molar-refractivity contribution is 5.93. The van der Waals surface area contributed by atoms with E-state index in [1.807, 2.05) is 0 Å². The van der Waals surface area contributed by atoms with Gasteiger partial charge in [-0.1, -0.05) is 6.58 Å². The van der Waals surface area contributed by atoms with Gasteiger partial charge in [0.1, 0.15) is 30.5 Å². The van der Waals surface area contributed by atoms with Gasteiger partial charge in [-0.3, -0.25) is 0 Å². The summed E-state index contributed by atoms with van der Waals surface area (Å²) in [6, 6.07) is 18.1. The van der Waals surface area contributed by atoms with Crippen molar-refractivity contribution in [3.63, 3.8) is 0 Å². The third kappa shape index (κ3) is 7.79. The summed E-state index contributed by atoms with van der Waals surface area (Å²) < 4.78 is 25.6. The molecule has 0 aliphatic carbocycles. The van der Waals surface area contributed by atoms with Crippen LogP contribution in [0.3, 0.4) is 0 Å². The zero-order chi connectivity index (χ0) is 26.8. The summed E-state index contributed by atoms with van der Waals surface area (Å²) in [5.41, 5.74) is 1.06. The lowest BCUT2D eigenvalue weighted by atomic mass is 10.2. The van der Waals surface area contributed by atoms with Crippen LogP contribution in [0.15, 0.2) is 84.9 Å². The third-order valence-corrected chi connectivity index (χ3v) is 4.82. The van der Waals surface area contributed by atoms with Crippen LogP contribution >= 0.6 is 0 Å². The van der Waals surface area contributed by atoms with E-state index in [1.165, 1.54) is 62.6 Å². The van der Waals surface area contributed by atoms with Crippen molar-refractivity contribution in [3.8, 4) is 17.2 Å². The zero-order valence-electron chi connectivity index (χ0n) is 20.2. The Morgan fingerprint density at radius 2 is 0.973 bits per heavy atom. The Morgan fingerprint density at radius 1 is 0.595 bits per heavy atom. The maximum Gasteiger partial charge on any atom is 0.343 e. The Kier molecular flexibility index (Phi) is 9.15. The first kappa shape index (κ1) is 26.7. The first-order chi connectivity index (χ1) is 17.8. The second-order valence-electron chi connectivity index (χ2n) is 7.61. The molecule has 190 valence electrons. The minimum Gasteiger partial charge on any atom is -0.497 e. The molecular weight excluding hydrogens is 480 g/mol. The van der Waals surface area contributed by atoms with Gasteiger partial charge in [-0.2, -0.15) is 0 Å². The zero-order valence-corrected chi connectivity index (χ0v) is 20.2. The summed E-state index contributed by atoms with van der Waals surface area (Å²) in [7, 11) is 1.53. The van der Waals surface area contributed by atoms with E-state index in [-0.39, 0.29) is 41.4 Å². The molecule has 3 aromatic carbocycles. The van der Waals surface area contributed by atoms with E-state index in [1.54, 1.807) is 24.3 Å². The maximum atomic E-state index is 12.4. The number of carbonyl (C=O) groups excluding carboxylic acids is 4. The molecule has 0 radical (unpaired) electrons. The first-order valence-corrected chi connectivity index (χ1v) is 11.0. The summed E-state index contributed by atoms with van der Waals surface area (Å²) >= 11 is 0. The average molecular weight is 504 g/mol. The normalized spacial score (nSPS) is 10.1. The van der Waals surface area contributed by atoms with Gasteiger partial charge in [0.2, 0.25) is 0 Å². The standard InChI is InChI=1S/C28H24O9/c1-18(2)25(29)34-16-17-35-26(30)19-6-12-23(13-7-19)36-28(32)21-8-14-24(15-9-21)37-27(31)20-4-10-22(33-3)11-5-20/h4-15H,1,16-17H2,2-3H3. The fourth-order valence-electron chi connectivity index (χ4n) is 2.85. The molecule has 9 heteroatoms. The SMILES string of the molecule is C=C(C)C(=O)OCCOC(=O)c1ccc(OC(=O)c2ccc(OC(=O)c3ccc(OC)cc3)cc2)cc1. The fraction of sp³-hybridized carbons (Fsp3) is 0.143. The quantitative estimate of drug-likeness (QED) is 0.171. The Balaban J connectivity index is 1.49. The van der Waals surface area contributed by atoms with Gasteiger partial charge in [0, 0.05) is 5.57 Å². The van der Waals surface area contributed by atoms with Gasteiger partial charge in [0.25, 0.3) is 0 Å². The number of esters is 4. The molecule has 0 fully saturated rings. The number of hydrogen-bond acceptors (Lipinski definition) is 9. The molecule has 0 saturated heterocycles. The highest BCUT2D eigenvalue weighted by Crippen LogP contribution is 2.19. The van der Waals surface area contributed by atoms with Gasteiger partial charge in [-0.25, -0.2) is 19.2 Å². The van der Waals surface area contributed by atoms with Crippen LogP contribution in [-0.4, -0.2) is 44.2 Å². The Bertz CT molecular complexity index is 1270. The summed E-state index contributed by atoms with van der Waals surface area (Å²) in [6.45, 7) is 4.77. The smallest absolute Gasteiger partial charge is 0.343 e. The van der Waals surface area contributed by atoms with Crippen LogP contribution in [0.5, 0.6) is 17.2 Å². The molecule has 0 spiro atoms. The molecule has 0 bridgehead atoms. The van der Waals surface area contributed by atoms with Gasteiger partial charge >= 0.3 is 23.9 Å². The fourth-order valence-corrected chi connectivity index (χ4v) is 2.85. The van der Waals surface area contributed by atoms with Gasteiger partial charge in [-0.15, -0.1) is 0 Å². The molecule has 0 aliphatic heterocycles. The van der Waals surface area contributed by atoms with Crippen molar-refractivity contribution < 1.29 is 42.9 Å². The molecule has 3 rings (SSSR count). The predicted octanol–water partition coefficient (Wildman–Crippen LogP) is 4.41. The Labute approximate surface area is 213 Å². The van der Waals surface area contributed by atoms with Crippen molar-refractivity contribution in [2.75, 3.05) is 20.3 Å². The summed E-state index contributed by atoms with van der Waals surface area (Å²) in [4.78, 5) is 48.1. The highest BCUT2D eigenvalue weighted by Gasteiger charge is 2.13. The van der Waals surface area contributed by atoms with Crippen molar-refractivity contribution in [1.29, 1.82) is 0 Å². The number of hydrogen-bond donors (Lipinski definition) is 0. The number of rotatable bonds is 10. The third-order valence-electron chi connectivity index (χ3n) is 4.82. The van der Waals surface area contributed by atoms with Gasteiger partial charge in [0.05, 0.1) is 23.8 Å². The van der Waals surface area contributed by atoms with E-state index in [9.17, 15) is 19.2 Å². The molecule has 0 heterocycles. The molecule has 37 heavy (non-hydrogen) atoms. The van der Waals surface area contributed by atoms with E-state index < -0.39 is 23.9 Å². The van der Waals surface area contributed by atoms with Crippen molar-refractivity contribution in [2.24, 2.45) is 0 Å². The molecule has 0 unspecified atom stereocenters. The van der Waals surface area contributed by atoms with Crippen LogP contribution in [0.25, 0.3) is 0 Å². The molecular formula is C28H24O9.